The maximum atomic E-state index is 11.3. The molecule has 0 atom stereocenters. The van der Waals surface area contributed by atoms with Crippen LogP contribution in [-0.4, -0.2) is 47.8 Å². The van der Waals surface area contributed by atoms with Gasteiger partial charge in [-0.15, -0.1) is 10.2 Å². The van der Waals surface area contributed by atoms with Crippen LogP contribution in [0.25, 0.3) is 0 Å². The van der Waals surface area contributed by atoms with Gasteiger partial charge in [0.2, 0.25) is 0 Å². The fourth-order valence-corrected chi connectivity index (χ4v) is 2.73. The lowest BCUT2D eigenvalue weighted by molar-refractivity contribution is 0.0593. The lowest BCUT2D eigenvalue weighted by atomic mass is 10.00. The molecule has 1 aliphatic heterocycles. The standard InChI is InChI=1S/C17H20N4O2/c1-23-17(22)15-6-7-16(20-19-15)18-9-11-21-10-8-13-4-2-3-5-14(13)12-21/h2-7H,8-12H2,1H3,(H,18,20). The predicted molar refractivity (Wildman–Crippen MR) is 87.3 cm³/mol. The fraction of sp³-hybridized carbons (Fsp3) is 0.353. The number of ether oxygens (including phenoxy) is 1. The van der Waals surface area contributed by atoms with Crippen molar-refractivity contribution in [2.75, 3.05) is 32.1 Å². The summed E-state index contributed by atoms with van der Waals surface area (Å²) in [5.74, 6) is 0.186. The molecule has 0 unspecified atom stereocenters. The van der Waals surface area contributed by atoms with Crippen molar-refractivity contribution in [3.05, 3.63) is 53.2 Å². The summed E-state index contributed by atoms with van der Waals surface area (Å²) in [6, 6.07) is 12.0. The highest BCUT2D eigenvalue weighted by Crippen LogP contribution is 2.17. The summed E-state index contributed by atoms with van der Waals surface area (Å²) in [7, 11) is 1.33. The number of fused-ring (bicyclic) bond motifs is 1. The third-order valence-corrected chi connectivity index (χ3v) is 4.00. The van der Waals surface area contributed by atoms with Crippen LogP contribution in [0.4, 0.5) is 5.82 Å². The Morgan fingerprint density at radius 1 is 1.22 bits per heavy atom. The molecule has 2 heterocycles. The normalized spacial score (nSPS) is 14.1. The Morgan fingerprint density at radius 2 is 2.04 bits per heavy atom. The first-order valence-electron chi connectivity index (χ1n) is 7.71. The molecular weight excluding hydrogens is 292 g/mol. The Labute approximate surface area is 135 Å². The molecule has 0 saturated carbocycles. The van der Waals surface area contributed by atoms with Gasteiger partial charge < -0.3 is 10.1 Å². The lowest BCUT2D eigenvalue weighted by Crippen LogP contribution is -2.34. The van der Waals surface area contributed by atoms with Gasteiger partial charge in [-0.25, -0.2) is 4.79 Å². The molecular formula is C17H20N4O2. The first-order valence-corrected chi connectivity index (χ1v) is 7.71. The van der Waals surface area contributed by atoms with Crippen molar-refractivity contribution in [1.29, 1.82) is 0 Å². The number of nitrogens with one attached hydrogen (secondary N) is 1. The third kappa shape index (κ3) is 3.84. The zero-order chi connectivity index (χ0) is 16.1. The summed E-state index contributed by atoms with van der Waals surface area (Å²) in [5, 5.41) is 11.1. The van der Waals surface area contributed by atoms with Crippen LogP contribution in [0.5, 0.6) is 0 Å². The Morgan fingerprint density at radius 3 is 2.78 bits per heavy atom. The molecule has 1 aromatic heterocycles. The summed E-state index contributed by atoms with van der Waals surface area (Å²) in [5.41, 5.74) is 3.09. The number of benzene rings is 1. The summed E-state index contributed by atoms with van der Waals surface area (Å²) < 4.78 is 4.60. The van der Waals surface area contributed by atoms with Gasteiger partial charge in [0.05, 0.1) is 7.11 Å². The molecule has 6 nitrogen and oxygen atoms in total. The minimum absolute atomic E-state index is 0.214. The van der Waals surface area contributed by atoms with E-state index in [1.807, 2.05) is 0 Å². The van der Waals surface area contributed by atoms with Crippen LogP contribution in [0.15, 0.2) is 36.4 Å². The second-order valence-electron chi connectivity index (χ2n) is 5.52. The highest BCUT2D eigenvalue weighted by atomic mass is 16.5. The van der Waals surface area contributed by atoms with Crippen LogP contribution < -0.4 is 5.32 Å². The fourth-order valence-electron chi connectivity index (χ4n) is 2.73. The van der Waals surface area contributed by atoms with Crippen molar-refractivity contribution in [3.63, 3.8) is 0 Å². The van der Waals surface area contributed by atoms with E-state index in [9.17, 15) is 4.79 Å². The minimum Gasteiger partial charge on any atom is -0.464 e. The van der Waals surface area contributed by atoms with Crippen LogP contribution in [0, 0.1) is 0 Å². The van der Waals surface area contributed by atoms with Crippen molar-refractivity contribution >= 4 is 11.8 Å². The SMILES string of the molecule is COC(=O)c1ccc(NCCN2CCc3ccccc3C2)nn1. The Hall–Kier alpha value is -2.47. The van der Waals surface area contributed by atoms with Crippen molar-refractivity contribution < 1.29 is 9.53 Å². The van der Waals surface area contributed by atoms with E-state index in [1.54, 1.807) is 12.1 Å². The van der Waals surface area contributed by atoms with Crippen molar-refractivity contribution in [2.45, 2.75) is 13.0 Å². The number of aromatic nitrogens is 2. The van der Waals surface area contributed by atoms with Gasteiger partial charge in [0.15, 0.2) is 5.69 Å². The number of anilines is 1. The van der Waals surface area contributed by atoms with Crippen LogP contribution in [0.2, 0.25) is 0 Å². The predicted octanol–water partition coefficient (Wildman–Crippen LogP) is 1.73. The average molecular weight is 312 g/mol. The van der Waals surface area contributed by atoms with E-state index in [1.165, 1.54) is 18.2 Å². The van der Waals surface area contributed by atoms with Crippen molar-refractivity contribution in [3.8, 4) is 0 Å². The second kappa shape index (κ2) is 7.19. The van der Waals surface area contributed by atoms with Crippen molar-refractivity contribution in [2.24, 2.45) is 0 Å². The maximum absolute atomic E-state index is 11.3. The Kier molecular flexibility index (Phi) is 4.83. The van der Waals surface area contributed by atoms with Crippen LogP contribution in [0.3, 0.4) is 0 Å². The minimum atomic E-state index is -0.476. The van der Waals surface area contributed by atoms with Gasteiger partial charge in [0, 0.05) is 26.2 Å². The average Bonchev–Trinajstić information content (AvgIpc) is 2.61. The number of esters is 1. The molecule has 0 amide bonds. The van der Waals surface area contributed by atoms with Crippen LogP contribution in [-0.2, 0) is 17.7 Å². The topological polar surface area (TPSA) is 67.3 Å². The van der Waals surface area contributed by atoms with E-state index >= 15 is 0 Å². The maximum Gasteiger partial charge on any atom is 0.358 e. The molecule has 0 radical (unpaired) electrons. The monoisotopic (exact) mass is 312 g/mol. The number of carbonyl (C=O) groups is 1. The van der Waals surface area contributed by atoms with Gasteiger partial charge >= 0.3 is 5.97 Å². The quantitative estimate of drug-likeness (QED) is 0.848. The molecule has 0 spiro atoms. The van der Waals surface area contributed by atoms with Crippen LogP contribution >= 0.6 is 0 Å². The van der Waals surface area contributed by atoms with E-state index < -0.39 is 5.97 Å². The van der Waals surface area contributed by atoms with E-state index in [0.717, 1.165) is 32.6 Å². The number of nitrogens with zero attached hydrogens (tertiary/aromatic N) is 3. The van der Waals surface area contributed by atoms with E-state index in [-0.39, 0.29) is 5.69 Å². The third-order valence-electron chi connectivity index (χ3n) is 4.00. The van der Waals surface area contributed by atoms with Gasteiger partial charge in [0.1, 0.15) is 5.82 Å². The summed E-state index contributed by atoms with van der Waals surface area (Å²) in [4.78, 5) is 13.7. The van der Waals surface area contributed by atoms with Gasteiger partial charge in [-0.05, 0) is 29.7 Å². The Balaban J connectivity index is 1.48. The molecule has 1 aliphatic rings. The molecule has 2 aromatic rings. The molecule has 3 rings (SSSR count). The molecule has 0 saturated heterocycles. The number of hydrogen-bond donors (Lipinski definition) is 1. The second-order valence-corrected chi connectivity index (χ2v) is 5.52. The zero-order valence-electron chi connectivity index (χ0n) is 13.2. The first-order chi connectivity index (χ1) is 11.3. The highest BCUT2D eigenvalue weighted by Gasteiger charge is 2.15. The Bertz CT molecular complexity index is 673. The smallest absolute Gasteiger partial charge is 0.358 e. The number of rotatable bonds is 5. The molecule has 1 aromatic carbocycles. The van der Waals surface area contributed by atoms with E-state index in [0.29, 0.717) is 5.82 Å². The van der Waals surface area contributed by atoms with E-state index in [2.05, 4.69) is 49.4 Å². The van der Waals surface area contributed by atoms with E-state index in [4.69, 9.17) is 0 Å². The van der Waals surface area contributed by atoms with Gasteiger partial charge in [-0.3, -0.25) is 4.90 Å². The molecule has 0 aliphatic carbocycles. The summed E-state index contributed by atoms with van der Waals surface area (Å²) in [6.45, 7) is 3.79. The molecule has 0 bridgehead atoms. The molecule has 1 N–H and O–H groups in total. The number of hydrogen-bond acceptors (Lipinski definition) is 6. The molecule has 120 valence electrons. The largest absolute Gasteiger partial charge is 0.464 e. The summed E-state index contributed by atoms with van der Waals surface area (Å²) in [6.07, 6.45) is 1.10. The van der Waals surface area contributed by atoms with Gasteiger partial charge in [-0.1, -0.05) is 24.3 Å². The molecule has 23 heavy (non-hydrogen) atoms. The summed E-state index contributed by atoms with van der Waals surface area (Å²) >= 11 is 0. The molecule has 0 fully saturated rings. The molecule has 6 heteroatoms. The zero-order valence-corrected chi connectivity index (χ0v) is 13.2. The lowest BCUT2D eigenvalue weighted by Gasteiger charge is -2.28. The number of methoxy groups -OCH3 is 1. The van der Waals surface area contributed by atoms with Crippen molar-refractivity contribution in [1.82, 2.24) is 15.1 Å². The van der Waals surface area contributed by atoms with Gasteiger partial charge in [0.25, 0.3) is 0 Å². The highest BCUT2D eigenvalue weighted by molar-refractivity contribution is 5.86. The first kappa shape index (κ1) is 15.4. The van der Waals surface area contributed by atoms with Gasteiger partial charge in [-0.2, -0.15) is 0 Å². The van der Waals surface area contributed by atoms with Crippen LogP contribution in [0.1, 0.15) is 21.6 Å². The number of carbonyl (C=O) groups excluding carboxylic acids is 1.